The second-order valence-electron chi connectivity index (χ2n) is 11.1. The van der Waals surface area contributed by atoms with Crippen molar-refractivity contribution in [3.8, 4) is 5.75 Å². The summed E-state index contributed by atoms with van der Waals surface area (Å²) in [6.07, 6.45) is 0.979. The van der Waals surface area contributed by atoms with E-state index in [1.165, 1.54) is 28.4 Å². The molecule has 1 aromatic heterocycles. The normalized spacial score (nSPS) is 18.7. The van der Waals surface area contributed by atoms with E-state index in [2.05, 4.69) is 10.3 Å². The second-order valence-corrected chi connectivity index (χ2v) is 12.5. The average Bonchev–Trinajstić information content (AvgIpc) is 3.60. The van der Waals surface area contributed by atoms with Gasteiger partial charge in [-0.2, -0.15) is 0 Å². The monoisotopic (exact) mass is 623 g/mol. The fraction of sp³-hybridized carbons (Fsp3) is 0.333. The van der Waals surface area contributed by atoms with Crippen LogP contribution in [0.5, 0.6) is 5.75 Å². The number of amides is 3. The Balaban J connectivity index is 1.69. The third-order valence-electron chi connectivity index (χ3n) is 6.77. The van der Waals surface area contributed by atoms with Crippen LogP contribution in [0.25, 0.3) is 0 Å². The van der Waals surface area contributed by atoms with E-state index < -0.39 is 41.9 Å². The number of hydrogen-bond acceptors (Lipinski definition) is 8. The van der Waals surface area contributed by atoms with Crippen molar-refractivity contribution in [3.05, 3.63) is 80.8 Å². The highest BCUT2D eigenvalue weighted by Crippen LogP contribution is 2.46. The molecule has 11 nitrogen and oxygen atoms in total. The number of hydrogen-bond donors (Lipinski definition) is 2. The Morgan fingerprint density at radius 1 is 1.16 bits per heavy atom. The SMILES string of the molecule is CC(C)(C)Oc1cc(C(=O)CC(=O)O)ccc1C1=N[C@@H](c2ccc(Cl)cc2)[C@@H](c2nccs2)N1C(=O)N1CCNC(=O)C1. The number of carbonyl (C=O) groups is 4. The molecule has 224 valence electrons. The van der Waals surface area contributed by atoms with Crippen LogP contribution in [0.1, 0.15) is 65.8 Å². The van der Waals surface area contributed by atoms with E-state index in [4.69, 9.17) is 21.3 Å². The molecule has 2 aliphatic rings. The maximum atomic E-state index is 14.3. The van der Waals surface area contributed by atoms with Gasteiger partial charge in [-0.1, -0.05) is 29.8 Å². The first kappa shape index (κ1) is 30.2. The van der Waals surface area contributed by atoms with Gasteiger partial charge in [-0.3, -0.25) is 24.3 Å². The summed E-state index contributed by atoms with van der Waals surface area (Å²) in [6.45, 7) is 6.01. The Kier molecular flexibility index (Phi) is 8.52. The van der Waals surface area contributed by atoms with Crippen molar-refractivity contribution in [2.75, 3.05) is 19.6 Å². The minimum Gasteiger partial charge on any atom is -0.487 e. The van der Waals surface area contributed by atoms with Gasteiger partial charge in [-0.15, -0.1) is 11.3 Å². The molecule has 2 N–H and O–H groups in total. The molecule has 3 amide bonds. The van der Waals surface area contributed by atoms with Gasteiger partial charge in [0.2, 0.25) is 5.91 Å². The summed E-state index contributed by atoms with van der Waals surface area (Å²) in [5.74, 6) is -1.57. The minimum atomic E-state index is -1.24. The fourth-order valence-corrected chi connectivity index (χ4v) is 5.86. The molecule has 2 aliphatic heterocycles. The van der Waals surface area contributed by atoms with Crippen LogP contribution in [0.4, 0.5) is 4.79 Å². The van der Waals surface area contributed by atoms with E-state index in [0.717, 1.165) is 5.56 Å². The van der Waals surface area contributed by atoms with Gasteiger partial charge in [0.25, 0.3) is 0 Å². The van der Waals surface area contributed by atoms with Crippen LogP contribution in [0, 0.1) is 0 Å². The van der Waals surface area contributed by atoms with E-state index in [1.807, 2.05) is 38.3 Å². The number of carboxylic acids is 1. The zero-order chi connectivity index (χ0) is 30.9. The third-order valence-corrected chi connectivity index (χ3v) is 7.87. The van der Waals surface area contributed by atoms with Gasteiger partial charge in [0.1, 0.15) is 47.2 Å². The molecule has 0 spiro atoms. The van der Waals surface area contributed by atoms with E-state index in [9.17, 15) is 24.3 Å². The maximum absolute atomic E-state index is 14.3. The number of carboxylic acid groups (broad SMARTS) is 1. The lowest BCUT2D eigenvalue weighted by atomic mass is 10.00. The van der Waals surface area contributed by atoms with Gasteiger partial charge in [0.15, 0.2) is 5.78 Å². The predicted molar refractivity (Wildman–Crippen MR) is 161 cm³/mol. The first-order valence-corrected chi connectivity index (χ1v) is 14.8. The Bertz CT molecular complexity index is 1590. The highest BCUT2D eigenvalue weighted by molar-refractivity contribution is 7.09. The largest absolute Gasteiger partial charge is 0.487 e. The fourth-order valence-electron chi connectivity index (χ4n) is 4.98. The molecule has 2 atom stereocenters. The molecule has 1 saturated heterocycles. The number of aromatic nitrogens is 1. The molecule has 5 rings (SSSR count). The summed E-state index contributed by atoms with van der Waals surface area (Å²) >= 11 is 7.57. The van der Waals surface area contributed by atoms with Gasteiger partial charge < -0.3 is 20.1 Å². The average molecular weight is 624 g/mol. The van der Waals surface area contributed by atoms with Crippen LogP contribution in [-0.2, 0) is 9.59 Å². The number of aliphatic imine (C=N–C) groups is 1. The Labute approximate surface area is 257 Å². The van der Waals surface area contributed by atoms with E-state index in [0.29, 0.717) is 28.7 Å². The summed E-state index contributed by atoms with van der Waals surface area (Å²) in [4.78, 5) is 63.2. The number of amidine groups is 1. The summed E-state index contributed by atoms with van der Waals surface area (Å²) < 4.78 is 6.29. The number of ether oxygens (including phenoxy) is 1. The number of aliphatic carboxylic acids is 1. The molecule has 0 unspecified atom stereocenters. The quantitative estimate of drug-likeness (QED) is 0.286. The van der Waals surface area contributed by atoms with Crippen molar-refractivity contribution in [2.24, 2.45) is 4.99 Å². The van der Waals surface area contributed by atoms with Crippen molar-refractivity contribution in [1.82, 2.24) is 20.1 Å². The van der Waals surface area contributed by atoms with Gasteiger partial charge in [0.05, 0.1) is 5.56 Å². The molecule has 43 heavy (non-hydrogen) atoms. The van der Waals surface area contributed by atoms with Gasteiger partial charge in [0, 0.05) is 35.3 Å². The topological polar surface area (TPSA) is 142 Å². The number of thiazole rings is 1. The molecular formula is C30H30ClN5O6S. The molecule has 2 aromatic carbocycles. The van der Waals surface area contributed by atoms with Crippen molar-refractivity contribution in [3.63, 3.8) is 0 Å². The van der Waals surface area contributed by atoms with Crippen molar-refractivity contribution in [2.45, 2.75) is 44.9 Å². The Hall–Kier alpha value is -4.29. The molecule has 0 radical (unpaired) electrons. The Morgan fingerprint density at radius 3 is 2.53 bits per heavy atom. The zero-order valence-corrected chi connectivity index (χ0v) is 25.3. The number of ketones is 1. The minimum absolute atomic E-state index is 0.118. The van der Waals surface area contributed by atoms with Gasteiger partial charge in [-0.25, -0.2) is 9.78 Å². The number of Topliss-reactive ketones (excluding diaryl/α,β-unsaturated/α-hetero) is 1. The van der Waals surface area contributed by atoms with Gasteiger partial charge >= 0.3 is 12.0 Å². The van der Waals surface area contributed by atoms with Crippen LogP contribution < -0.4 is 10.1 Å². The molecule has 0 bridgehead atoms. The molecule has 3 heterocycles. The number of halogens is 1. The highest BCUT2D eigenvalue weighted by Gasteiger charge is 2.46. The first-order chi connectivity index (χ1) is 20.4. The van der Waals surface area contributed by atoms with E-state index >= 15 is 0 Å². The number of piperazine rings is 1. The lowest BCUT2D eigenvalue weighted by molar-refractivity contribution is -0.136. The summed E-state index contributed by atoms with van der Waals surface area (Å²) in [5.41, 5.74) is 0.655. The second kappa shape index (κ2) is 12.1. The third kappa shape index (κ3) is 6.70. The molecule has 13 heteroatoms. The van der Waals surface area contributed by atoms with E-state index in [-0.39, 0.29) is 29.6 Å². The number of rotatable bonds is 7. The van der Waals surface area contributed by atoms with Crippen LogP contribution >= 0.6 is 22.9 Å². The molecular weight excluding hydrogens is 594 g/mol. The smallest absolute Gasteiger partial charge is 0.326 e. The zero-order valence-electron chi connectivity index (χ0n) is 23.7. The van der Waals surface area contributed by atoms with Crippen LogP contribution in [0.2, 0.25) is 5.02 Å². The predicted octanol–water partition coefficient (Wildman–Crippen LogP) is 4.73. The van der Waals surface area contributed by atoms with Crippen molar-refractivity contribution in [1.29, 1.82) is 0 Å². The number of carbonyl (C=O) groups excluding carboxylic acids is 3. The van der Waals surface area contributed by atoms with Crippen molar-refractivity contribution < 1.29 is 29.0 Å². The Morgan fingerprint density at radius 2 is 1.91 bits per heavy atom. The van der Waals surface area contributed by atoms with Crippen molar-refractivity contribution >= 4 is 52.5 Å². The maximum Gasteiger partial charge on any atom is 0.326 e. The highest BCUT2D eigenvalue weighted by atomic mass is 35.5. The molecule has 3 aromatic rings. The standard InChI is InChI=1S/C30H30ClN5O6S/c1-30(2,3)42-22-14-18(21(37)15-24(39)40)6-9-20(22)27-34-25(17-4-7-19(31)8-5-17)26(28-33-11-13-43-28)36(27)29(41)35-12-10-32-23(38)16-35/h4-9,11,13-14,25-26H,10,12,15-16H2,1-3H3,(H,32,38)(H,39,40)/t25-,26-/m0/s1. The van der Waals surface area contributed by atoms with Crippen LogP contribution in [0.3, 0.4) is 0 Å². The van der Waals surface area contributed by atoms with Crippen LogP contribution in [-0.4, -0.2) is 74.7 Å². The molecule has 0 aliphatic carbocycles. The van der Waals surface area contributed by atoms with Gasteiger partial charge in [-0.05, 0) is 50.6 Å². The number of benzene rings is 2. The first-order valence-electron chi connectivity index (χ1n) is 13.6. The number of nitrogens with zero attached hydrogens (tertiary/aromatic N) is 4. The summed E-state index contributed by atoms with van der Waals surface area (Å²) in [6, 6.07) is 10.1. The summed E-state index contributed by atoms with van der Waals surface area (Å²) in [7, 11) is 0. The molecule has 1 fully saturated rings. The lowest BCUT2D eigenvalue weighted by Gasteiger charge is -2.35. The number of nitrogens with one attached hydrogen (secondary N) is 1. The van der Waals surface area contributed by atoms with Crippen LogP contribution in [0.15, 0.2) is 59.0 Å². The lowest BCUT2D eigenvalue weighted by Crippen LogP contribution is -2.55. The molecule has 0 saturated carbocycles. The number of urea groups is 1. The van der Waals surface area contributed by atoms with E-state index in [1.54, 1.807) is 29.3 Å². The summed E-state index contributed by atoms with van der Waals surface area (Å²) in [5, 5.41) is 14.9.